The van der Waals surface area contributed by atoms with Crippen molar-refractivity contribution in [1.82, 2.24) is 9.97 Å². The molecule has 0 spiro atoms. The van der Waals surface area contributed by atoms with Crippen LogP contribution in [-0.2, 0) is 10.0 Å². The van der Waals surface area contributed by atoms with Crippen molar-refractivity contribution in [3.05, 3.63) is 83.6 Å². The maximum absolute atomic E-state index is 12.8. The maximum atomic E-state index is 12.8. The second-order valence-electron chi connectivity index (χ2n) is 6.58. The van der Waals surface area contributed by atoms with Gasteiger partial charge in [0.05, 0.1) is 0 Å². The number of nitrogens with zero attached hydrogens (tertiary/aromatic N) is 2. The number of sulfonamides is 1. The number of halogens is 1. The first-order valence-corrected chi connectivity index (χ1v) is 10.8. The van der Waals surface area contributed by atoms with E-state index in [0.717, 1.165) is 0 Å². The predicted octanol–water partition coefficient (Wildman–Crippen LogP) is 4.29. The Bertz CT molecular complexity index is 1320. The second-order valence-corrected chi connectivity index (χ2v) is 8.66. The lowest BCUT2D eigenvalue weighted by Crippen LogP contribution is -2.26. The summed E-state index contributed by atoms with van der Waals surface area (Å²) in [6, 6.07) is 16.5. The van der Waals surface area contributed by atoms with Gasteiger partial charge in [-0.15, -0.1) is 0 Å². The normalized spacial score (nSPS) is 11.4. The van der Waals surface area contributed by atoms with E-state index in [-0.39, 0.29) is 10.8 Å². The summed E-state index contributed by atoms with van der Waals surface area (Å²) in [5.74, 6) is -0.203. The average molecular weight is 441 g/mol. The molecule has 4 rings (SSSR count). The molecule has 152 valence electrons. The molecular weight excluding hydrogens is 424 g/mol. The van der Waals surface area contributed by atoms with E-state index >= 15 is 0 Å². The molecular formula is C21H17ClN4O3S. The van der Waals surface area contributed by atoms with Gasteiger partial charge in [-0.3, -0.25) is 9.52 Å². The lowest BCUT2D eigenvalue weighted by atomic mass is 10.2. The van der Waals surface area contributed by atoms with Crippen LogP contribution in [0.3, 0.4) is 0 Å². The van der Waals surface area contributed by atoms with E-state index in [0.29, 0.717) is 33.0 Å². The van der Waals surface area contributed by atoms with Crippen molar-refractivity contribution in [1.29, 1.82) is 0 Å². The molecule has 1 amide bonds. The molecule has 4 aromatic rings. The van der Waals surface area contributed by atoms with Gasteiger partial charge in [-0.25, -0.2) is 13.4 Å². The third kappa shape index (κ3) is 3.87. The van der Waals surface area contributed by atoms with Crippen LogP contribution >= 0.6 is 11.6 Å². The molecule has 9 heteroatoms. The molecule has 2 heterocycles. The first-order valence-electron chi connectivity index (χ1n) is 8.94. The Kier molecular flexibility index (Phi) is 5.19. The molecule has 0 saturated carbocycles. The van der Waals surface area contributed by atoms with Crippen LogP contribution in [0.25, 0.3) is 11.0 Å². The summed E-state index contributed by atoms with van der Waals surface area (Å²) < 4.78 is 28.1. The van der Waals surface area contributed by atoms with E-state index in [4.69, 9.17) is 11.6 Å². The molecule has 2 aromatic heterocycles. The summed E-state index contributed by atoms with van der Waals surface area (Å²) in [5, 5.41) is 1.06. The number of rotatable bonds is 5. The predicted molar refractivity (Wildman–Crippen MR) is 118 cm³/mol. The number of hydrogen-bond acceptors (Lipinski definition) is 4. The number of carbonyl (C=O) groups excluding carboxylic acids is 1. The Balaban J connectivity index is 1.53. The Morgan fingerprint density at radius 2 is 1.77 bits per heavy atom. The quantitative estimate of drug-likeness (QED) is 0.483. The van der Waals surface area contributed by atoms with Gasteiger partial charge in [-0.1, -0.05) is 11.6 Å². The van der Waals surface area contributed by atoms with Crippen molar-refractivity contribution < 1.29 is 13.2 Å². The summed E-state index contributed by atoms with van der Waals surface area (Å²) in [6.07, 6.45) is 3.00. The Morgan fingerprint density at radius 3 is 2.47 bits per heavy atom. The number of carbonyl (C=O) groups is 1. The number of pyridine rings is 1. The number of aromatic nitrogens is 2. The van der Waals surface area contributed by atoms with Crippen LogP contribution in [0, 0.1) is 0 Å². The molecule has 2 N–H and O–H groups in total. The number of hydrogen-bond donors (Lipinski definition) is 2. The number of aromatic amines is 1. The highest BCUT2D eigenvalue weighted by Gasteiger charge is 2.20. The maximum Gasteiger partial charge on any atom is 0.264 e. The highest BCUT2D eigenvalue weighted by atomic mass is 35.5. The van der Waals surface area contributed by atoms with Gasteiger partial charge >= 0.3 is 0 Å². The van der Waals surface area contributed by atoms with Gasteiger partial charge < -0.3 is 9.88 Å². The lowest BCUT2D eigenvalue weighted by molar-refractivity contribution is 0.0993. The fraction of sp³-hybridized carbons (Fsp3) is 0.0476. The van der Waals surface area contributed by atoms with Gasteiger partial charge in [0.2, 0.25) is 0 Å². The number of benzene rings is 2. The van der Waals surface area contributed by atoms with E-state index in [2.05, 4.69) is 14.7 Å². The highest BCUT2D eigenvalue weighted by molar-refractivity contribution is 7.93. The van der Waals surface area contributed by atoms with Crippen LogP contribution in [0.2, 0.25) is 5.02 Å². The van der Waals surface area contributed by atoms with Crippen LogP contribution in [0.1, 0.15) is 10.4 Å². The monoisotopic (exact) mass is 440 g/mol. The molecule has 7 nitrogen and oxygen atoms in total. The van der Waals surface area contributed by atoms with Crippen LogP contribution in [-0.4, -0.2) is 31.3 Å². The van der Waals surface area contributed by atoms with Crippen molar-refractivity contribution in [2.75, 3.05) is 16.7 Å². The summed E-state index contributed by atoms with van der Waals surface area (Å²) in [5.41, 5.74) is 1.99. The summed E-state index contributed by atoms with van der Waals surface area (Å²) >= 11 is 5.87. The zero-order valence-electron chi connectivity index (χ0n) is 15.8. The zero-order chi connectivity index (χ0) is 21.3. The number of nitrogens with one attached hydrogen (secondary N) is 2. The molecule has 0 unspecified atom stereocenters. The minimum atomic E-state index is -3.81. The van der Waals surface area contributed by atoms with Gasteiger partial charge in [0, 0.05) is 46.8 Å². The van der Waals surface area contributed by atoms with Gasteiger partial charge in [0.1, 0.15) is 10.5 Å². The molecule has 0 aliphatic rings. The summed E-state index contributed by atoms with van der Waals surface area (Å²) in [6.45, 7) is 0. The first kappa shape index (κ1) is 19.9. The smallest absolute Gasteiger partial charge is 0.264 e. The Hall–Kier alpha value is -3.36. The van der Waals surface area contributed by atoms with E-state index in [9.17, 15) is 13.2 Å². The standard InChI is InChI=1S/C21H17ClN4O3S/c1-26(21(27)14-4-6-15(22)7-5-14)17-10-8-16(9-11-17)25-30(28,29)19-13-24-20-18(19)3-2-12-23-20/h2-13,25H,1H3,(H,23,24). The molecule has 0 aliphatic heterocycles. The minimum Gasteiger partial charge on any atom is -0.345 e. The third-order valence-corrected chi connectivity index (χ3v) is 6.28. The minimum absolute atomic E-state index is 0.115. The Labute approximate surface area is 178 Å². The highest BCUT2D eigenvalue weighted by Crippen LogP contribution is 2.25. The van der Waals surface area contributed by atoms with E-state index in [1.165, 1.54) is 11.1 Å². The molecule has 0 saturated heterocycles. The van der Waals surface area contributed by atoms with Gasteiger partial charge in [-0.05, 0) is 60.7 Å². The summed E-state index contributed by atoms with van der Waals surface area (Å²) in [7, 11) is -2.16. The molecule has 0 atom stereocenters. The lowest BCUT2D eigenvalue weighted by Gasteiger charge is -2.18. The number of H-pyrrole nitrogens is 1. The molecule has 2 aromatic carbocycles. The van der Waals surface area contributed by atoms with Crippen LogP contribution in [0.5, 0.6) is 0 Å². The van der Waals surface area contributed by atoms with Gasteiger partial charge in [-0.2, -0.15) is 0 Å². The first-order chi connectivity index (χ1) is 14.3. The molecule has 0 radical (unpaired) electrons. The number of amides is 1. The molecule has 30 heavy (non-hydrogen) atoms. The van der Waals surface area contributed by atoms with Gasteiger partial charge in [0.15, 0.2) is 0 Å². The second kappa shape index (κ2) is 7.81. The molecule has 0 fully saturated rings. The zero-order valence-corrected chi connectivity index (χ0v) is 17.4. The number of fused-ring (bicyclic) bond motifs is 1. The average Bonchev–Trinajstić information content (AvgIpc) is 3.19. The van der Waals surface area contributed by atoms with Gasteiger partial charge in [0.25, 0.3) is 15.9 Å². The van der Waals surface area contributed by atoms with Crippen LogP contribution in [0.15, 0.2) is 78.0 Å². The fourth-order valence-corrected chi connectivity index (χ4v) is 4.37. The van der Waals surface area contributed by atoms with Crippen molar-refractivity contribution in [2.45, 2.75) is 4.90 Å². The fourth-order valence-electron chi connectivity index (χ4n) is 3.02. The Morgan fingerprint density at radius 1 is 1.07 bits per heavy atom. The molecule has 0 aliphatic carbocycles. The van der Waals surface area contributed by atoms with Crippen molar-refractivity contribution in [3.63, 3.8) is 0 Å². The van der Waals surface area contributed by atoms with Crippen molar-refractivity contribution in [3.8, 4) is 0 Å². The van der Waals surface area contributed by atoms with E-state index in [1.807, 2.05) is 0 Å². The van der Waals surface area contributed by atoms with Crippen LogP contribution < -0.4 is 9.62 Å². The van der Waals surface area contributed by atoms with Crippen molar-refractivity contribution in [2.24, 2.45) is 0 Å². The number of anilines is 2. The molecule has 0 bridgehead atoms. The third-order valence-electron chi connectivity index (χ3n) is 4.61. The van der Waals surface area contributed by atoms with E-state index in [1.54, 1.807) is 73.9 Å². The SMILES string of the molecule is CN(C(=O)c1ccc(Cl)cc1)c1ccc(NS(=O)(=O)c2c[nH]c3ncccc23)cc1. The topological polar surface area (TPSA) is 95.2 Å². The van der Waals surface area contributed by atoms with Crippen molar-refractivity contribution >= 4 is 49.9 Å². The van der Waals surface area contributed by atoms with E-state index < -0.39 is 10.0 Å². The largest absolute Gasteiger partial charge is 0.345 e. The van der Waals surface area contributed by atoms with Crippen LogP contribution in [0.4, 0.5) is 11.4 Å². The summed E-state index contributed by atoms with van der Waals surface area (Å²) in [4.78, 5) is 21.2.